The number of hydrogen-bond donors (Lipinski definition) is 1. The molecule has 5 rings (SSSR count). The van der Waals surface area contributed by atoms with Gasteiger partial charge in [0.25, 0.3) is 10.1 Å². The van der Waals surface area contributed by atoms with Crippen molar-refractivity contribution in [3.63, 3.8) is 0 Å². The molecule has 0 aromatic heterocycles. The summed E-state index contributed by atoms with van der Waals surface area (Å²) in [4.78, 5) is 0.103. The van der Waals surface area contributed by atoms with Crippen molar-refractivity contribution in [2.24, 2.45) is 11.8 Å². The molecular formula is C25H25FO5S. The van der Waals surface area contributed by atoms with Gasteiger partial charge in [-0.1, -0.05) is 48.0 Å². The summed E-state index contributed by atoms with van der Waals surface area (Å²) in [6, 6.07) is 14.1. The van der Waals surface area contributed by atoms with Crippen LogP contribution in [0.4, 0.5) is 4.39 Å². The van der Waals surface area contributed by atoms with Crippen molar-refractivity contribution in [2.45, 2.75) is 42.5 Å². The quantitative estimate of drug-likeness (QED) is 0.693. The average molecular weight is 457 g/mol. The van der Waals surface area contributed by atoms with Crippen molar-refractivity contribution in [3.8, 4) is 0 Å². The zero-order valence-electron chi connectivity index (χ0n) is 17.6. The number of rotatable bonds is 4. The smallest absolute Gasteiger partial charge is 0.297 e. The summed E-state index contributed by atoms with van der Waals surface area (Å²) < 4.78 is 51.0. The number of aryl methyl sites for hydroxylation is 1. The van der Waals surface area contributed by atoms with Gasteiger partial charge in [-0.2, -0.15) is 8.42 Å². The highest BCUT2D eigenvalue weighted by Crippen LogP contribution is 2.51. The predicted molar refractivity (Wildman–Crippen MR) is 117 cm³/mol. The molecule has 0 saturated carbocycles. The molecule has 3 aliphatic rings. The first-order chi connectivity index (χ1) is 15.3. The van der Waals surface area contributed by atoms with E-state index in [2.05, 4.69) is 0 Å². The Bertz CT molecular complexity index is 1170. The van der Waals surface area contributed by atoms with E-state index in [-0.39, 0.29) is 41.2 Å². The van der Waals surface area contributed by atoms with Gasteiger partial charge in [-0.15, -0.1) is 0 Å². The van der Waals surface area contributed by atoms with E-state index in [0.717, 1.165) is 16.7 Å². The molecule has 0 bridgehead atoms. The van der Waals surface area contributed by atoms with E-state index in [0.29, 0.717) is 6.42 Å². The largest absolute Gasteiger partial charge is 0.388 e. The van der Waals surface area contributed by atoms with E-state index in [9.17, 15) is 17.9 Å². The van der Waals surface area contributed by atoms with Crippen molar-refractivity contribution in [2.75, 3.05) is 6.61 Å². The van der Waals surface area contributed by atoms with Gasteiger partial charge in [0, 0.05) is 17.8 Å². The normalized spacial score (nSPS) is 31.3. The van der Waals surface area contributed by atoms with Crippen LogP contribution in [-0.4, -0.2) is 32.3 Å². The zero-order valence-corrected chi connectivity index (χ0v) is 18.4. The topological polar surface area (TPSA) is 72.8 Å². The van der Waals surface area contributed by atoms with E-state index < -0.39 is 22.3 Å². The maximum absolute atomic E-state index is 14.2. The van der Waals surface area contributed by atoms with Gasteiger partial charge in [-0.25, -0.2) is 4.39 Å². The maximum Gasteiger partial charge on any atom is 0.297 e. The standard InChI is InChI=1S/C25H25FO5S/c1-15-6-9-18(10-7-15)32(28,29)30-14-17-13-23-19-4-2-3-5-20(19)24(27)21-11-8-16(26)12-22(21)25(23)31-17/h2-12,17,21-25,27H,13-14H2,1H3/t17-,21?,22?,23-,24?,25-/m1/s1. The molecule has 1 heterocycles. The van der Waals surface area contributed by atoms with Crippen LogP contribution in [0.2, 0.25) is 0 Å². The van der Waals surface area contributed by atoms with Crippen molar-refractivity contribution >= 4 is 10.1 Å². The molecule has 1 N–H and O–H groups in total. The molecule has 3 unspecified atom stereocenters. The van der Waals surface area contributed by atoms with Crippen LogP contribution in [0.25, 0.3) is 0 Å². The van der Waals surface area contributed by atoms with Gasteiger partial charge in [-0.3, -0.25) is 4.18 Å². The second-order valence-corrected chi connectivity index (χ2v) is 10.4. The SMILES string of the molecule is Cc1ccc(S(=O)(=O)OC[C@H]2C[C@@H]3c4ccccc4C(O)C4C=CC(F)=CC4[C@H]3O2)cc1. The Hall–Kier alpha value is -2.32. The second kappa shape index (κ2) is 8.23. The molecule has 7 heteroatoms. The molecule has 168 valence electrons. The molecule has 0 spiro atoms. The van der Waals surface area contributed by atoms with Crippen LogP contribution in [0.5, 0.6) is 0 Å². The van der Waals surface area contributed by atoms with Gasteiger partial charge in [0.15, 0.2) is 0 Å². The van der Waals surface area contributed by atoms with E-state index in [1.165, 1.54) is 24.3 Å². The molecule has 0 radical (unpaired) electrons. The molecule has 1 saturated heterocycles. The third-order valence-corrected chi connectivity index (χ3v) is 8.01. The van der Waals surface area contributed by atoms with Crippen molar-refractivity contribution in [1.29, 1.82) is 0 Å². The van der Waals surface area contributed by atoms with Crippen LogP contribution >= 0.6 is 0 Å². The number of hydrogen-bond acceptors (Lipinski definition) is 5. The first-order valence-electron chi connectivity index (χ1n) is 10.8. The molecule has 1 aliphatic heterocycles. The summed E-state index contributed by atoms with van der Waals surface area (Å²) in [5.41, 5.74) is 2.73. The molecular weight excluding hydrogens is 431 g/mol. The van der Waals surface area contributed by atoms with Crippen LogP contribution in [0.1, 0.15) is 35.1 Å². The Kier molecular flexibility index (Phi) is 5.53. The molecule has 32 heavy (non-hydrogen) atoms. The van der Waals surface area contributed by atoms with E-state index in [1.807, 2.05) is 31.2 Å². The fraction of sp³-hybridized carbons (Fsp3) is 0.360. The Morgan fingerprint density at radius 2 is 1.81 bits per heavy atom. The number of benzene rings is 2. The van der Waals surface area contributed by atoms with Crippen molar-refractivity contribution in [3.05, 3.63) is 89.3 Å². The highest BCUT2D eigenvalue weighted by molar-refractivity contribution is 7.86. The minimum absolute atomic E-state index is 0.0953. The van der Waals surface area contributed by atoms with Gasteiger partial charge in [-0.05, 0) is 48.8 Å². The summed E-state index contributed by atoms with van der Waals surface area (Å²) in [6.45, 7) is 1.76. The number of fused-ring (bicyclic) bond motifs is 5. The lowest BCUT2D eigenvalue weighted by atomic mass is 9.78. The number of ether oxygens (including phenoxy) is 1. The predicted octanol–water partition coefficient (Wildman–Crippen LogP) is 4.34. The molecule has 0 amide bonds. The Morgan fingerprint density at radius 1 is 1.09 bits per heavy atom. The summed E-state index contributed by atoms with van der Waals surface area (Å²) >= 11 is 0. The average Bonchev–Trinajstić information content (AvgIpc) is 3.18. The molecule has 2 aliphatic carbocycles. The van der Waals surface area contributed by atoms with Gasteiger partial charge in [0.1, 0.15) is 5.83 Å². The summed E-state index contributed by atoms with van der Waals surface area (Å²) in [6.07, 6.45) is 3.53. The van der Waals surface area contributed by atoms with Gasteiger partial charge < -0.3 is 9.84 Å². The van der Waals surface area contributed by atoms with Crippen LogP contribution in [0, 0.1) is 18.8 Å². The first-order valence-corrected chi connectivity index (χ1v) is 12.2. The summed E-state index contributed by atoms with van der Waals surface area (Å²) in [5, 5.41) is 11.0. The van der Waals surface area contributed by atoms with E-state index in [1.54, 1.807) is 18.2 Å². The lowest BCUT2D eigenvalue weighted by molar-refractivity contribution is -0.0226. The Labute approximate surface area is 187 Å². The fourth-order valence-electron chi connectivity index (χ4n) is 5.14. The van der Waals surface area contributed by atoms with Crippen molar-refractivity contribution < 1.29 is 26.8 Å². The van der Waals surface area contributed by atoms with Crippen LogP contribution in [0.15, 0.2) is 77.5 Å². The van der Waals surface area contributed by atoms with Crippen LogP contribution in [-0.2, 0) is 19.0 Å². The lowest BCUT2D eigenvalue weighted by Crippen LogP contribution is -2.32. The molecule has 1 fully saturated rings. The summed E-state index contributed by atoms with van der Waals surface area (Å²) in [7, 11) is -3.91. The molecule has 2 aromatic carbocycles. The fourth-order valence-corrected chi connectivity index (χ4v) is 6.07. The lowest BCUT2D eigenvalue weighted by Gasteiger charge is -2.31. The van der Waals surface area contributed by atoms with Gasteiger partial charge in [0.05, 0.1) is 29.8 Å². The zero-order chi connectivity index (χ0) is 22.5. The number of aliphatic hydroxyl groups is 1. The highest BCUT2D eigenvalue weighted by atomic mass is 32.2. The minimum Gasteiger partial charge on any atom is -0.388 e. The number of allylic oxidation sites excluding steroid dienone is 2. The van der Waals surface area contributed by atoms with Gasteiger partial charge in [0.2, 0.25) is 0 Å². The highest BCUT2D eigenvalue weighted by Gasteiger charge is 2.48. The number of halogens is 1. The second-order valence-electron chi connectivity index (χ2n) is 8.76. The number of aliphatic hydroxyl groups excluding tert-OH is 1. The minimum atomic E-state index is -3.91. The third kappa shape index (κ3) is 3.83. The summed E-state index contributed by atoms with van der Waals surface area (Å²) in [5.74, 6) is -1.12. The van der Waals surface area contributed by atoms with Crippen LogP contribution < -0.4 is 0 Å². The third-order valence-electron chi connectivity index (χ3n) is 6.71. The Balaban J connectivity index is 1.40. The molecule has 2 aromatic rings. The van der Waals surface area contributed by atoms with E-state index >= 15 is 0 Å². The van der Waals surface area contributed by atoms with Crippen molar-refractivity contribution in [1.82, 2.24) is 0 Å². The Morgan fingerprint density at radius 3 is 2.56 bits per heavy atom. The van der Waals surface area contributed by atoms with E-state index in [4.69, 9.17) is 8.92 Å². The molecule has 5 nitrogen and oxygen atoms in total. The van der Waals surface area contributed by atoms with Gasteiger partial charge >= 0.3 is 0 Å². The van der Waals surface area contributed by atoms with Crippen LogP contribution in [0.3, 0.4) is 0 Å². The molecule has 6 atom stereocenters. The monoisotopic (exact) mass is 456 g/mol. The first kappa shape index (κ1) is 21.5. The maximum atomic E-state index is 14.2.